The number of carbonyl (C=O) groups excluding carboxylic acids is 3. The van der Waals surface area contributed by atoms with Crippen molar-refractivity contribution in [2.24, 2.45) is 17.8 Å². The second-order valence-corrected chi connectivity index (χ2v) is 13.2. The molecule has 13 heteroatoms. The fourth-order valence-electron chi connectivity index (χ4n) is 6.91. The number of oxazole rings is 2. The lowest BCUT2D eigenvalue weighted by Crippen LogP contribution is -2.41. The number of aliphatic hydroxyl groups excluding tert-OH is 1. The van der Waals surface area contributed by atoms with Gasteiger partial charge >= 0.3 is 5.97 Å². The summed E-state index contributed by atoms with van der Waals surface area (Å²) < 4.78 is 38.4. The van der Waals surface area contributed by atoms with Crippen LogP contribution in [0.15, 0.2) is 51.5 Å². The number of nitrogens with one attached hydrogen (secondary N) is 2. The molecule has 3 aliphatic rings. The van der Waals surface area contributed by atoms with Crippen molar-refractivity contribution in [3.63, 3.8) is 0 Å². The first-order valence-corrected chi connectivity index (χ1v) is 15.9. The average molecular weight is 659 g/mol. The van der Waals surface area contributed by atoms with E-state index in [1.165, 1.54) is 19.2 Å². The van der Waals surface area contributed by atoms with Crippen molar-refractivity contribution >= 4 is 23.3 Å². The summed E-state index contributed by atoms with van der Waals surface area (Å²) in [5.41, 5.74) is 1.32. The molecule has 0 aliphatic carbocycles. The number of amides is 1. The number of rotatable bonds is 7. The summed E-state index contributed by atoms with van der Waals surface area (Å²) >= 11 is 0. The second-order valence-electron chi connectivity index (χ2n) is 13.2. The lowest BCUT2D eigenvalue weighted by molar-refractivity contribution is -0.135. The van der Waals surface area contributed by atoms with E-state index < -0.39 is 53.2 Å². The van der Waals surface area contributed by atoms with Crippen molar-refractivity contribution < 1.29 is 42.2 Å². The smallest absolute Gasteiger partial charge is 0.360 e. The van der Waals surface area contributed by atoms with Gasteiger partial charge in [0.1, 0.15) is 35.4 Å². The van der Waals surface area contributed by atoms with Crippen LogP contribution in [0.5, 0.6) is 5.75 Å². The van der Waals surface area contributed by atoms with E-state index in [-0.39, 0.29) is 53.6 Å². The number of esters is 1. The van der Waals surface area contributed by atoms with Gasteiger partial charge < -0.3 is 34.0 Å². The van der Waals surface area contributed by atoms with Gasteiger partial charge in [-0.2, -0.15) is 0 Å². The number of hydrogen-bond acceptors (Lipinski definition) is 11. The van der Waals surface area contributed by atoms with Gasteiger partial charge in [-0.05, 0) is 47.6 Å². The molecule has 2 unspecified atom stereocenters. The SMILES string of the molecule is COC(=O)c1coc(-c2nc3oc2C24c5ccc(F)cc5N[C@H]2Oc2ccc(cc24)CC(CC(=O)[C@@H](O)C(C)C)C(=O)N[C@H]3C(C)C)n1. The van der Waals surface area contributed by atoms with E-state index in [1.54, 1.807) is 26.0 Å². The van der Waals surface area contributed by atoms with Gasteiger partial charge in [-0.15, -0.1) is 0 Å². The molecule has 0 radical (unpaired) electrons. The number of benzene rings is 2. The molecule has 4 aromatic rings. The number of aliphatic hydroxyl groups is 1. The zero-order chi connectivity index (χ0) is 34.1. The number of ether oxygens (including phenoxy) is 2. The number of hydrogen-bond donors (Lipinski definition) is 3. The first-order valence-electron chi connectivity index (χ1n) is 15.9. The van der Waals surface area contributed by atoms with E-state index in [4.69, 9.17) is 23.3 Å². The average Bonchev–Trinajstić information content (AvgIpc) is 3.83. The Hall–Kier alpha value is -5.04. The molecule has 12 nitrogen and oxygen atoms in total. The number of fused-ring (bicyclic) bond motifs is 4. The molecule has 5 atom stereocenters. The maximum absolute atomic E-state index is 14.6. The quantitative estimate of drug-likeness (QED) is 0.236. The van der Waals surface area contributed by atoms with Crippen LogP contribution in [-0.2, 0) is 26.2 Å². The van der Waals surface area contributed by atoms with E-state index in [2.05, 4.69) is 15.6 Å². The summed E-state index contributed by atoms with van der Waals surface area (Å²) in [4.78, 5) is 48.7. The Kier molecular flexibility index (Phi) is 7.61. The Balaban J connectivity index is 1.49. The van der Waals surface area contributed by atoms with Gasteiger partial charge in [-0.25, -0.2) is 19.2 Å². The number of methoxy groups -OCH3 is 1. The monoisotopic (exact) mass is 658 g/mol. The zero-order valence-corrected chi connectivity index (χ0v) is 27.0. The first kappa shape index (κ1) is 31.6. The highest BCUT2D eigenvalue weighted by molar-refractivity contribution is 5.90. The molecule has 0 saturated heterocycles. The third kappa shape index (κ3) is 4.86. The van der Waals surface area contributed by atoms with E-state index in [0.29, 0.717) is 22.6 Å². The number of halogens is 1. The number of ketones is 1. The molecule has 3 aliphatic heterocycles. The normalized spacial score (nSPS) is 22.9. The van der Waals surface area contributed by atoms with Gasteiger partial charge in [0.15, 0.2) is 29.2 Å². The van der Waals surface area contributed by atoms with Crippen LogP contribution in [0.1, 0.15) is 79.0 Å². The van der Waals surface area contributed by atoms with Crippen molar-refractivity contribution in [2.75, 3.05) is 12.4 Å². The van der Waals surface area contributed by atoms with Gasteiger partial charge in [0.2, 0.25) is 17.7 Å². The molecule has 1 amide bonds. The molecule has 250 valence electrons. The molecular formula is C35H35FN4O8. The molecule has 48 heavy (non-hydrogen) atoms. The summed E-state index contributed by atoms with van der Waals surface area (Å²) in [5.74, 6) is -2.53. The highest BCUT2D eigenvalue weighted by atomic mass is 19.1. The molecule has 2 aromatic carbocycles. The maximum atomic E-state index is 14.6. The van der Waals surface area contributed by atoms with Crippen LogP contribution < -0.4 is 15.4 Å². The second kappa shape index (κ2) is 11.6. The Labute approximate surface area is 275 Å². The number of aromatic nitrogens is 2. The fourth-order valence-corrected chi connectivity index (χ4v) is 6.91. The van der Waals surface area contributed by atoms with Crippen molar-refractivity contribution in [3.05, 3.63) is 82.5 Å². The number of Topliss-reactive ketones (excluding diaryl/α,β-unsaturated/α-hetero) is 1. The lowest BCUT2D eigenvalue weighted by Gasteiger charge is -2.28. The third-order valence-corrected chi connectivity index (χ3v) is 9.40. The van der Waals surface area contributed by atoms with Crippen LogP contribution in [0.2, 0.25) is 0 Å². The minimum absolute atomic E-state index is 0.0384. The van der Waals surface area contributed by atoms with E-state index in [0.717, 1.165) is 11.8 Å². The molecule has 0 saturated carbocycles. The molecule has 0 fully saturated rings. The molecular weight excluding hydrogens is 623 g/mol. The van der Waals surface area contributed by atoms with Crippen molar-refractivity contribution in [1.82, 2.24) is 15.3 Å². The van der Waals surface area contributed by atoms with Gasteiger partial charge in [0.05, 0.1) is 7.11 Å². The van der Waals surface area contributed by atoms with E-state index in [1.807, 2.05) is 26.0 Å². The molecule has 5 heterocycles. The summed E-state index contributed by atoms with van der Waals surface area (Å²) in [5, 5.41) is 16.9. The molecule has 4 bridgehead atoms. The van der Waals surface area contributed by atoms with Gasteiger partial charge in [-0.1, -0.05) is 45.9 Å². The summed E-state index contributed by atoms with van der Waals surface area (Å²) in [7, 11) is 1.23. The summed E-state index contributed by atoms with van der Waals surface area (Å²) in [6.07, 6.45) is -0.873. The fraction of sp³-hybridized carbons (Fsp3) is 0.400. The Bertz CT molecular complexity index is 1950. The van der Waals surface area contributed by atoms with Gasteiger partial charge in [0.25, 0.3) is 0 Å². The molecule has 2 aromatic heterocycles. The summed E-state index contributed by atoms with van der Waals surface area (Å²) in [6.45, 7) is 7.26. The summed E-state index contributed by atoms with van der Waals surface area (Å²) in [6, 6.07) is 9.12. The number of carbonyl (C=O) groups is 3. The van der Waals surface area contributed by atoms with Gasteiger partial charge in [0, 0.05) is 23.6 Å². The predicted molar refractivity (Wildman–Crippen MR) is 167 cm³/mol. The third-order valence-electron chi connectivity index (χ3n) is 9.40. The van der Waals surface area contributed by atoms with Gasteiger partial charge in [-0.3, -0.25) is 9.59 Å². The van der Waals surface area contributed by atoms with E-state index >= 15 is 0 Å². The van der Waals surface area contributed by atoms with Crippen molar-refractivity contribution in [2.45, 2.75) is 64.3 Å². The first-order chi connectivity index (χ1) is 22.9. The minimum atomic E-state index is -1.25. The number of anilines is 1. The standard InChI is InChI=1S/C35H35FN4O8/c1-15(2)26-32-40-27(31-37-23(14-46-31)33(44)45-5)29(48-32)35-20-8-7-19(36)13-22(20)38-34(35)47-25-9-6-17(11-21(25)35)10-18(30(43)39-26)12-24(41)28(42)16(3)4/h6-9,11,13-16,18,26,28,34,38,42H,10,12H2,1-5H3,(H,39,43)/t18?,26-,28-,34-,35?/m0/s1. The van der Waals surface area contributed by atoms with Crippen LogP contribution in [0.4, 0.5) is 10.1 Å². The molecule has 3 N–H and O–H groups in total. The highest BCUT2D eigenvalue weighted by Crippen LogP contribution is 2.59. The largest absolute Gasteiger partial charge is 0.469 e. The molecule has 1 spiro atoms. The van der Waals surface area contributed by atoms with Crippen molar-refractivity contribution in [1.29, 1.82) is 0 Å². The Morgan fingerprint density at radius 3 is 2.62 bits per heavy atom. The number of nitrogens with zero attached hydrogens (tertiary/aromatic N) is 2. The van der Waals surface area contributed by atoms with E-state index in [9.17, 15) is 23.9 Å². The highest BCUT2D eigenvalue weighted by Gasteiger charge is 2.61. The Morgan fingerprint density at radius 1 is 1.10 bits per heavy atom. The zero-order valence-electron chi connectivity index (χ0n) is 27.0. The predicted octanol–water partition coefficient (Wildman–Crippen LogP) is 4.70. The minimum Gasteiger partial charge on any atom is -0.469 e. The van der Waals surface area contributed by atoms with Crippen LogP contribution in [0, 0.1) is 23.6 Å². The van der Waals surface area contributed by atoms with Crippen LogP contribution in [0.3, 0.4) is 0 Å². The van der Waals surface area contributed by atoms with Crippen molar-refractivity contribution in [3.8, 4) is 17.3 Å². The van der Waals surface area contributed by atoms with Crippen LogP contribution >= 0.6 is 0 Å². The lowest BCUT2D eigenvalue weighted by atomic mass is 9.72. The topological polar surface area (TPSA) is 166 Å². The van der Waals surface area contributed by atoms with Crippen LogP contribution in [-0.4, -0.2) is 52.2 Å². The maximum Gasteiger partial charge on any atom is 0.360 e. The van der Waals surface area contributed by atoms with Crippen LogP contribution in [0.25, 0.3) is 11.6 Å². The Morgan fingerprint density at radius 2 is 1.90 bits per heavy atom. The molecule has 7 rings (SSSR count).